The molecule has 1 aromatic heterocycles. The summed E-state index contributed by atoms with van der Waals surface area (Å²) in [6, 6.07) is 10.6. The van der Waals surface area contributed by atoms with Gasteiger partial charge in [-0.05, 0) is 48.7 Å². The van der Waals surface area contributed by atoms with Crippen molar-refractivity contribution in [3.05, 3.63) is 58.1 Å². The highest BCUT2D eigenvalue weighted by Crippen LogP contribution is 2.28. The minimum absolute atomic E-state index is 0.0410. The number of rotatable bonds is 5. The van der Waals surface area contributed by atoms with Crippen molar-refractivity contribution in [3.8, 4) is 11.5 Å². The van der Waals surface area contributed by atoms with E-state index in [1.165, 1.54) is 0 Å². The quantitative estimate of drug-likeness (QED) is 0.721. The van der Waals surface area contributed by atoms with E-state index in [1.807, 2.05) is 6.07 Å². The van der Waals surface area contributed by atoms with Gasteiger partial charge >= 0.3 is 0 Å². The molecule has 0 spiro atoms. The number of nitrogens with zero attached hydrogens (tertiary/aromatic N) is 2. The molecule has 2 heterocycles. The fourth-order valence-electron chi connectivity index (χ4n) is 3.70. The fourth-order valence-corrected chi connectivity index (χ4v) is 3.70. The van der Waals surface area contributed by atoms with Crippen LogP contribution in [0.5, 0.6) is 11.5 Å². The normalized spacial score (nSPS) is 13.0. The largest absolute Gasteiger partial charge is 0.493 e. The molecule has 7 heteroatoms. The van der Waals surface area contributed by atoms with Crippen molar-refractivity contribution in [1.29, 1.82) is 0 Å². The Morgan fingerprint density at radius 2 is 1.93 bits per heavy atom. The van der Waals surface area contributed by atoms with Crippen molar-refractivity contribution in [2.24, 2.45) is 0 Å². The van der Waals surface area contributed by atoms with Crippen molar-refractivity contribution in [3.63, 3.8) is 0 Å². The number of hydrogen-bond donors (Lipinski definition) is 1. The van der Waals surface area contributed by atoms with E-state index in [-0.39, 0.29) is 17.9 Å². The van der Waals surface area contributed by atoms with E-state index in [1.54, 1.807) is 49.1 Å². The van der Waals surface area contributed by atoms with Crippen LogP contribution in [0.25, 0.3) is 10.9 Å². The van der Waals surface area contributed by atoms with E-state index in [2.05, 4.69) is 10.3 Å². The highest BCUT2D eigenvalue weighted by atomic mass is 16.5. The van der Waals surface area contributed by atoms with Gasteiger partial charge in [0, 0.05) is 18.7 Å². The van der Waals surface area contributed by atoms with Crippen LogP contribution in [0.2, 0.25) is 0 Å². The van der Waals surface area contributed by atoms with E-state index in [9.17, 15) is 9.59 Å². The molecule has 3 aromatic rings. The summed E-state index contributed by atoms with van der Waals surface area (Å²) in [5.41, 5.74) is 2.01. The number of ether oxygens (including phenoxy) is 2. The molecule has 0 aliphatic carbocycles. The second-order valence-corrected chi connectivity index (χ2v) is 7.09. The first-order valence-corrected chi connectivity index (χ1v) is 9.63. The van der Waals surface area contributed by atoms with Gasteiger partial charge in [-0.25, -0.2) is 4.98 Å². The summed E-state index contributed by atoms with van der Waals surface area (Å²) in [6.45, 7) is 0.701. The number of benzene rings is 2. The van der Waals surface area contributed by atoms with E-state index < -0.39 is 0 Å². The highest BCUT2D eigenvalue weighted by molar-refractivity contribution is 5.94. The number of hydrogen-bond acceptors (Lipinski definition) is 5. The molecular formula is C22H23N3O4. The SMILES string of the molecule is COc1ccc(CC(=O)Nc2ccc3nc4n(c(=O)c3c2)CCCC4)cc1OC. The zero-order valence-electron chi connectivity index (χ0n) is 16.5. The number of nitrogens with one attached hydrogen (secondary N) is 1. The van der Waals surface area contributed by atoms with Gasteiger partial charge in [0.05, 0.1) is 31.5 Å². The van der Waals surface area contributed by atoms with Crippen LogP contribution in [-0.2, 0) is 24.2 Å². The second kappa shape index (κ2) is 7.95. The van der Waals surface area contributed by atoms with Crippen LogP contribution < -0.4 is 20.3 Å². The van der Waals surface area contributed by atoms with Crippen molar-refractivity contribution in [2.45, 2.75) is 32.2 Å². The van der Waals surface area contributed by atoms with Gasteiger partial charge in [-0.15, -0.1) is 0 Å². The van der Waals surface area contributed by atoms with Gasteiger partial charge in [0.2, 0.25) is 5.91 Å². The molecule has 0 bridgehead atoms. The Hall–Kier alpha value is -3.35. The molecule has 2 aromatic carbocycles. The summed E-state index contributed by atoms with van der Waals surface area (Å²) >= 11 is 0. The number of carbonyl (C=O) groups is 1. The average Bonchev–Trinajstić information content (AvgIpc) is 2.74. The van der Waals surface area contributed by atoms with E-state index >= 15 is 0 Å². The van der Waals surface area contributed by atoms with E-state index in [4.69, 9.17) is 9.47 Å². The summed E-state index contributed by atoms with van der Waals surface area (Å²) in [6.07, 6.45) is 3.05. The first-order valence-electron chi connectivity index (χ1n) is 9.63. The lowest BCUT2D eigenvalue weighted by atomic mass is 10.1. The fraction of sp³-hybridized carbons (Fsp3) is 0.318. The maximum absolute atomic E-state index is 12.8. The minimum atomic E-state index is -0.178. The summed E-state index contributed by atoms with van der Waals surface area (Å²) in [7, 11) is 3.13. The topological polar surface area (TPSA) is 82.5 Å². The first-order chi connectivity index (χ1) is 14.1. The molecule has 7 nitrogen and oxygen atoms in total. The van der Waals surface area contributed by atoms with Crippen LogP contribution in [0.3, 0.4) is 0 Å². The minimum Gasteiger partial charge on any atom is -0.493 e. The molecule has 1 aliphatic rings. The molecule has 4 rings (SSSR count). The van der Waals surface area contributed by atoms with Crippen molar-refractivity contribution in [1.82, 2.24) is 9.55 Å². The van der Waals surface area contributed by atoms with Gasteiger partial charge in [-0.2, -0.15) is 0 Å². The number of methoxy groups -OCH3 is 2. The van der Waals surface area contributed by atoms with Gasteiger partial charge in [0.1, 0.15) is 5.82 Å². The summed E-state index contributed by atoms with van der Waals surface area (Å²) < 4.78 is 12.3. The molecule has 0 atom stereocenters. The molecule has 0 saturated heterocycles. The number of anilines is 1. The third kappa shape index (κ3) is 3.81. The molecular weight excluding hydrogens is 370 g/mol. The predicted octanol–water partition coefficient (Wildman–Crippen LogP) is 2.93. The highest BCUT2D eigenvalue weighted by Gasteiger charge is 2.15. The Labute approximate surface area is 168 Å². The molecule has 1 aliphatic heterocycles. The molecule has 0 saturated carbocycles. The predicted molar refractivity (Wildman–Crippen MR) is 111 cm³/mol. The third-order valence-electron chi connectivity index (χ3n) is 5.16. The lowest BCUT2D eigenvalue weighted by Gasteiger charge is -2.18. The van der Waals surface area contributed by atoms with Crippen LogP contribution in [0.1, 0.15) is 24.2 Å². The van der Waals surface area contributed by atoms with Gasteiger partial charge in [-0.1, -0.05) is 6.07 Å². The second-order valence-electron chi connectivity index (χ2n) is 7.09. The number of aryl methyl sites for hydroxylation is 1. The van der Waals surface area contributed by atoms with Crippen LogP contribution in [-0.4, -0.2) is 29.7 Å². The number of fused-ring (bicyclic) bond motifs is 2. The smallest absolute Gasteiger partial charge is 0.261 e. The van der Waals surface area contributed by atoms with E-state index in [0.717, 1.165) is 30.7 Å². The number of amides is 1. The van der Waals surface area contributed by atoms with Crippen molar-refractivity contribution < 1.29 is 14.3 Å². The van der Waals surface area contributed by atoms with Crippen LogP contribution >= 0.6 is 0 Å². The van der Waals surface area contributed by atoms with Crippen molar-refractivity contribution >= 4 is 22.5 Å². The average molecular weight is 393 g/mol. The zero-order valence-corrected chi connectivity index (χ0v) is 16.5. The van der Waals surface area contributed by atoms with Gasteiger partial charge in [0.25, 0.3) is 5.56 Å². The van der Waals surface area contributed by atoms with Crippen LogP contribution in [0.4, 0.5) is 5.69 Å². The van der Waals surface area contributed by atoms with Gasteiger partial charge in [-0.3, -0.25) is 14.2 Å². The Morgan fingerprint density at radius 3 is 2.72 bits per heavy atom. The van der Waals surface area contributed by atoms with Gasteiger partial charge in [0.15, 0.2) is 11.5 Å². The third-order valence-corrected chi connectivity index (χ3v) is 5.16. The van der Waals surface area contributed by atoms with Crippen LogP contribution in [0, 0.1) is 0 Å². The Bertz CT molecular complexity index is 1140. The molecule has 1 amide bonds. The summed E-state index contributed by atoms with van der Waals surface area (Å²) in [4.78, 5) is 29.9. The van der Waals surface area contributed by atoms with Crippen LogP contribution in [0.15, 0.2) is 41.2 Å². The Morgan fingerprint density at radius 1 is 1.10 bits per heavy atom. The van der Waals surface area contributed by atoms with Gasteiger partial charge < -0.3 is 14.8 Å². The number of carbonyl (C=O) groups excluding carboxylic acids is 1. The lowest BCUT2D eigenvalue weighted by Crippen LogP contribution is -2.28. The standard InChI is InChI=1S/C22H23N3O4/c1-28-18-9-6-14(11-19(18)29-2)12-21(26)23-15-7-8-17-16(13-15)22(27)25-10-4-3-5-20(25)24-17/h6-9,11,13H,3-5,10,12H2,1-2H3,(H,23,26). The molecule has 0 unspecified atom stereocenters. The molecule has 0 radical (unpaired) electrons. The Balaban J connectivity index is 1.55. The monoisotopic (exact) mass is 393 g/mol. The first kappa shape index (κ1) is 19.0. The molecule has 0 fully saturated rings. The molecule has 29 heavy (non-hydrogen) atoms. The van der Waals surface area contributed by atoms with Crippen molar-refractivity contribution in [2.75, 3.05) is 19.5 Å². The number of aromatic nitrogens is 2. The lowest BCUT2D eigenvalue weighted by molar-refractivity contribution is -0.115. The molecule has 150 valence electrons. The maximum Gasteiger partial charge on any atom is 0.261 e. The Kier molecular flexibility index (Phi) is 5.20. The maximum atomic E-state index is 12.8. The van der Waals surface area contributed by atoms with E-state index in [0.29, 0.717) is 34.6 Å². The molecule has 1 N–H and O–H groups in total. The zero-order chi connectivity index (χ0) is 20.4. The summed E-state index contributed by atoms with van der Waals surface area (Å²) in [5, 5.41) is 3.40. The summed E-state index contributed by atoms with van der Waals surface area (Å²) in [5.74, 6) is 1.86.